The molecule has 0 N–H and O–H groups in total. The highest BCUT2D eigenvalue weighted by molar-refractivity contribution is 7.17. The number of hydrogen-bond donors (Lipinski definition) is 0. The molecule has 1 fully saturated rings. The van der Waals surface area contributed by atoms with Gasteiger partial charge in [-0.3, -0.25) is 9.36 Å². The van der Waals surface area contributed by atoms with Crippen LogP contribution in [0.25, 0.3) is 16.0 Å². The third-order valence-electron chi connectivity index (χ3n) is 5.26. The second-order valence-electron chi connectivity index (χ2n) is 6.93. The minimum atomic E-state index is 0.182. The number of nitrogens with zero attached hydrogens (tertiary/aromatic N) is 4. The van der Waals surface area contributed by atoms with Crippen LogP contribution in [0.3, 0.4) is 0 Å². The molecule has 0 atom stereocenters. The number of hydrogen-bond acceptors (Lipinski definition) is 5. The van der Waals surface area contributed by atoms with Gasteiger partial charge in [-0.15, -0.1) is 11.3 Å². The molecule has 5 heterocycles. The highest BCUT2D eigenvalue weighted by Gasteiger charge is 2.27. The fourth-order valence-corrected chi connectivity index (χ4v) is 4.68. The molecule has 0 aliphatic carbocycles. The number of ketones is 1. The topological polar surface area (TPSA) is 41.4 Å². The second-order valence-corrected chi connectivity index (χ2v) is 7.88. The molecule has 1 saturated heterocycles. The molecular formula is C19H20N4OS. The Hall–Kier alpha value is -2.18. The fourth-order valence-electron chi connectivity index (χ4n) is 3.87. The summed E-state index contributed by atoms with van der Waals surface area (Å²) >= 11 is 1.68. The van der Waals surface area contributed by atoms with Crippen LogP contribution in [0.15, 0.2) is 29.6 Å². The van der Waals surface area contributed by atoms with Crippen LogP contribution in [0.5, 0.6) is 0 Å². The zero-order valence-electron chi connectivity index (χ0n) is 14.2. The number of Topliss-reactive ketones (excluding diaryl/α,β-unsaturated/α-hetero) is 1. The SMILES string of the molecule is CN1CCCN(c2ccc3c(n2)-n2c(cc4sccc42)C(=O)C3)CC1. The van der Waals surface area contributed by atoms with Crippen LogP contribution in [-0.2, 0) is 6.42 Å². The summed E-state index contributed by atoms with van der Waals surface area (Å²) in [7, 11) is 2.18. The maximum absolute atomic E-state index is 12.5. The molecule has 25 heavy (non-hydrogen) atoms. The van der Waals surface area contributed by atoms with Crippen molar-refractivity contribution < 1.29 is 4.79 Å². The van der Waals surface area contributed by atoms with E-state index >= 15 is 0 Å². The number of aromatic nitrogens is 2. The van der Waals surface area contributed by atoms with Crippen LogP contribution in [0.4, 0.5) is 5.82 Å². The number of pyridine rings is 1. The summed E-state index contributed by atoms with van der Waals surface area (Å²) in [4.78, 5) is 22.3. The van der Waals surface area contributed by atoms with Crippen molar-refractivity contribution in [3.05, 3.63) is 40.9 Å². The molecule has 3 aromatic heterocycles. The van der Waals surface area contributed by atoms with Gasteiger partial charge in [0.1, 0.15) is 11.6 Å². The number of likely N-dealkylation sites (N-methyl/N-ethyl adjacent to an activating group) is 1. The highest BCUT2D eigenvalue weighted by atomic mass is 32.1. The Labute approximate surface area is 150 Å². The van der Waals surface area contributed by atoms with Crippen molar-refractivity contribution in [2.24, 2.45) is 0 Å². The average Bonchev–Trinajstić information content (AvgIpc) is 3.12. The van der Waals surface area contributed by atoms with Crippen LogP contribution in [0, 0.1) is 0 Å². The highest BCUT2D eigenvalue weighted by Crippen LogP contribution is 2.34. The minimum Gasteiger partial charge on any atom is -0.355 e. The molecule has 0 radical (unpaired) electrons. The van der Waals surface area contributed by atoms with Crippen LogP contribution < -0.4 is 4.90 Å². The van der Waals surface area contributed by atoms with E-state index in [1.54, 1.807) is 11.3 Å². The first-order valence-corrected chi connectivity index (χ1v) is 9.64. The Balaban J connectivity index is 1.62. The average molecular weight is 352 g/mol. The van der Waals surface area contributed by atoms with Gasteiger partial charge < -0.3 is 9.80 Å². The van der Waals surface area contributed by atoms with Crippen molar-refractivity contribution in [3.63, 3.8) is 0 Å². The number of carbonyl (C=O) groups is 1. The van der Waals surface area contributed by atoms with Crippen molar-refractivity contribution in [1.29, 1.82) is 0 Å². The monoisotopic (exact) mass is 352 g/mol. The summed E-state index contributed by atoms with van der Waals surface area (Å²) < 4.78 is 3.21. The summed E-state index contributed by atoms with van der Waals surface area (Å²) in [6.07, 6.45) is 1.60. The van der Waals surface area contributed by atoms with E-state index in [0.717, 1.165) is 65.7 Å². The smallest absolute Gasteiger partial charge is 0.184 e. The molecule has 0 unspecified atom stereocenters. The predicted octanol–water partition coefficient (Wildman–Crippen LogP) is 2.97. The molecule has 0 spiro atoms. The molecule has 3 aromatic rings. The zero-order valence-corrected chi connectivity index (χ0v) is 15.1. The molecule has 5 rings (SSSR count). The zero-order chi connectivity index (χ0) is 17.0. The molecule has 0 amide bonds. The van der Waals surface area contributed by atoms with Crippen LogP contribution in [-0.4, -0.2) is 53.5 Å². The van der Waals surface area contributed by atoms with Gasteiger partial charge in [0.15, 0.2) is 5.78 Å². The van der Waals surface area contributed by atoms with Gasteiger partial charge in [-0.2, -0.15) is 0 Å². The molecule has 0 aromatic carbocycles. The van der Waals surface area contributed by atoms with Gasteiger partial charge in [0.05, 0.1) is 15.9 Å². The largest absolute Gasteiger partial charge is 0.355 e. The van der Waals surface area contributed by atoms with Crippen molar-refractivity contribution in [2.75, 3.05) is 38.1 Å². The second kappa shape index (κ2) is 5.68. The summed E-state index contributed by atoms with van der Waals surface area (Å²) in [5.74, 6) is 2.13. The Morgan fingerprint density at radius 3 is 2.96 bits per heavy atom. The molecule has 5 nitrogen and oxygen atoms in total. The standard InChI is InChI=1S/C19H20N4OS/c1-21-6-2-7-22(9-8-21)18-4-3-13-11-16(24)15-12-17-14(5-10-25-17)23(15)19(13)20-18/h3-5,10,12H,2,6-9,11H2,1H3. The van der Waals surface area contributed by atoms with Gasteiger partial charge in [-0.05, 0) is 43.6 Å². The quantitative estimate of drug-likeness (QED) is 0.675. The normalized spacial score (nSPS) is 18.3. The number of carbonyl (C=O) groups excluding carboxylic acids is 1. The minimum absolute atomic E-state index is 0.182. The van der Waals surface area contributed by atoms with Gasteiger partial charge in [0, 0.05) is 31.6 Å². The van der Waals surface area contributed by atoms with Crippen molar-refractivity contribution in [1.82, 2.24) is 14.5 Å². The number of rotatable bonds is 1. The summed E-state index contributed by atoms with van der Waals surface area (Å²) in [5.41, 5.74) is 2.89. The number of fused-ring (bicyclic) bond motifs is 5. The first kappa shape index (κ1) is 15.1. The van der Waals surface area contributed by atoms with Crippen LogP contribution >= 0.6 is 11.3 Å². The first-order valence-electron chi connectivity index (χ1n) is 8.76. The lowest BCUT2D eigenvalue weighted by atomic mass is 10.0. The summed E-state index contributed by atoms with van der Waals surface area (Å²) in [5, 5.41) is 2.07. The van der Waals surface area contributed by atoms with E-state index < -0.39 is 0 Å². The Morgan fingerprint density at radius 2 is 2.04 bits per heavy atom. The third-order valence-corrected chi connectivity index (χ3v) is 6.11. The lowest BCUT2D eigenvalue weighted by molar-refractivity contribution is 0.0982. The molecule has 6 heteroatoms. The predicted molar refractivity (Wildman–Crippen MR) is 101 cm³/mol. The van der Waals surface area contributed by atoms with Gasteiger partial charge in [-0.1, -0.05) is 6.07 Å². The van der Waals surface area contributed by atoms with E-state index in [0.29, 0.717) is 6.42 Å². The van der Waals surface area contributed by atoms with E-state index in [4.69, 9.17) is 4.98 Å². The Kier molecular flexibility index (Phi) is 3.43. The van der Waals surface area contributed by atoms with Gasteiger partial charge in [0.2, 0.25) is 0 Å². The van der Waals surface area contributed by atoms with E-state index in [9.17, 15) is 4.79 Å². The molecule has 0 bridgehead atoms. The maximum atomic E-state index is 12.5. The van der Waals surface area contributed by atoms with Gasteiger partial charge >= 0.3 is 0 Å². The van der Waals surface area contributed by atoms with Crippen LogP contribution in [0.2, 0.25) is 0 Å². The van der Waals surface area contributed by atoms with Gasteiger partial charge in [0.25, 0.3) is 0 Å². The fraction of sp³-hybridized carbons (Fsp3) is 0.368. The van der Waals surface area contributed by atoms with Gasteiger partial charge in [-0.25, -0.2) is 4.98 Å². The van der Waals surface area contributed by atoms with E-state index in [-0.39, 0.29) is 5.78 Å². The lowest BCUT2D eigenvalue weighted by Crippen LogP contribution is -2.30. The number of thiophene rings is 1. The lowest BCUT2D eigenvalue weighted by Gasteiger charge is -2.25. The van der Waals surface area contributed by atoms with Crippen LogP contribution in [0.1, 0.15) is 22.5 Å². The van der Waals surface area contributed by atoms with Crippen molar-refractivity contribution in [2.45, 2.75) is 12.8 Å². The molecule has 2 aliphatic rings. The van der Waals surface area contributed by atoms with Crippen molar-refractivity contribution >= 4 is 33.2 Å². The van der Waals surface area contributed by atoms with E-state index in [1.807, 2.05) is 6.07 Å². The summed E-state index contributed by atoms with van der Waals surface area (Å²) in [6.45, 7) is 4.21. The first-order chi connectivity index (χ1) is 12.2. The van der Waals surface area contributed by atoms with E-state index in [1.165, 1.54) is 0 Å². The molecule has 128 valence electrons. The third kappa shape index (κ3) is 2.40. The summed E-state index contributed by atoms with van der Waals surface area (Å²) in [6, 6.07) is 8.27. The Morgan fingerprint density at radius 1 is 1.12 bits per heavy atom. The molecule has 2 aliphatic heterocycles. The maximum Gasteiger partial charge on any atom is 0.184 e. The molecular weight excluding hydrogens is 332 g/mol. The number of anilines is 1. The van der Waals surface area contributed by atoms with E-state index in [2.05, 4.69) is 45.0 Å². The molecule has 0 saturated carbocycles. The van der Waals surface area contributed by atoms with Crippen molar-refractivity contribution in [3.8, 4) is 5.82 Å². The Bertz CT molecular complexity index is 973.